The van der Waals surface area contributed by atoms with E-state index >= 15 is 0 Å². The van der Waals surface area contributed by atoms with E-state index in [0.29, 0.717) is 24.8 Å². The molecule has 2 aromatic rings. The Kier molecular flexibility index (Phi) is 6.23. The number of benzene rings is 2. The lowest BCUT2D eigenvalue weighted by Gasteiger charge is -2.41. The van der Waals surface area contributed by atoms with Crippen molar-refractivity contribution in [2.75, 3.05) is 18.4 Å². The number of anilines is 1. The van der Waals surface area contributed by atoms with Crippen LogP contribution in [0.5, 0.6) is 0 Å². The van der Waals surface area contributed by atoms with Gasteiger partial charge in [0.25, 0.3) is 0 Å². The molecule has 1 amide bonds. The fourth-order valence-electron chi connectivity index (χ4n) is 5.01. The lowest BCUT2D eigenvalue weighted by atomic mass is 9.69. The Hall–Kier alpha value is -2.54. The van der Waals surface area contributed by atoms with E-state index in [4.69, 9.17) is 5.73 Å². The standard InChI is InChI=1S/C24H28F3N3O/c25-24(26,27)18-8-9-21-20(12-18)19-10-16(6-7-17(19)14-30-21)13-29-22(23(28)31)11-15-4-2-1-3-5-15/h1-5,8-9,12,16-17,19,22,29-30H,6-7,10-11,13-14H2,(H2,28,31). The van der Waals surface area contributed by atoms with Crippen LogP contribution in [0.4, 0.5) is 18.9 Å². The van der Waals surface area contributed by atoms with Crippen LogP contribution >= 0.6 is 0 Å². The van der Waals surface area contributed by atoms with E-state index in [1.54, 1.807) is 6.07 Å². The van der Waals surface area contributed by atoms with Crippen LogP contribution in [0.3, 0.4) is 0 Å². The van der Waals surface area contributed by atoms with E-state index < -0.39 is 17.8 Å². The van der Waals surface area contributed by atoms with Crippen LogP contribution in [0.15, 0.2) is 48.5 Å². The van der Waals surface area contributed by atoms with Crippen molar-refractivity contribution in [2.45, 2.75) is 43.8 Å². The highest BCUT2D eigenvalue weighted by atomic mass is 19.4. The van der Waals surface area contributed by atoms with Crippen molar-refractivity contribution in [2.24, 2.45) is 17.6 Å². The Balaban J connectivity index is 1.44. The monoisotopic (exact) mass is 431 g/mol. The largest absolute Gasteiger partial charge is 0.416 e. The minimum Gasteiger partial charge on any atom is -0.385 e. The first-order chi connectivity index (χ1) is 14.8. The molecule has 0 spiro atoms. The Bertz CT molecular complexity index is 916. The van der Waals surface area contributed by atoms with Crippen molar-refractivity contribution in [1.29, 1.82) is 0 Å². The van der Waals surface area contributed by atoms with Gasteiger partial charge in [-0.1, -0.05) is 30.3 Å². The normalized spacial score (nSPS) is 23.9. The summed E-state index contributed by atoms with van der Waals surface area (Å²) in [5.74, 6) is 0.336. The first-order valence-corrected chi connectivity index (χ1v) is 10.8. The molecule has 1 heterocycles. The molecule has 1 aliphatic heterocycles. The molecule has 0 radical (unpaired) electrons. The number of hydrogen-bond donors (Lipinski definition) is 3. The van der Waals surface area contributed by atoms with Crippen LogP contribution in [0, 0.1) is 11.8 Å². The molecule has 1 aliphatic carbocycles. The van der Waals surface area contributed by atoms with E-state index in [1.807, 2.05) is 30.3 Å². The number of rotatable bonds is 6. The van der Waals surface area contributed by atoms with Crippen LogP contribution in [-0.2, 0) is 17.4 Å². The van der Waals surface area contributed by atoms with Gasteiger partial charge in [-0.25, -0.2) is 0 Å². The summed E-state index contributed by atoms with van der Waals surface area (Å²) in [5.41, 5.74) is 7.63. The molecule has 4 nitrogen and oxygen atoms in total. The zero-order valence-corrected chi connectivity index (χ0v) is 17.3. The maximum atomic E-state index is 13.2. The smallest absolute Gasteiger partial charge is 0.385 e. The molecule has 4 rings (SSSR count). The summed E-state index contributed by atoms with van der Waals surface area (Å²) in [6.45, 7) is 1.42. The first-order valence-electron chi connectivity index (χ1n) is 10.8. The molecule has 4 unspecified atom stereocenters. The van der Waals surface area contributed by atoms with Gasteiger partial charge in [-0.05, 0) is 79.3 Å². The first kappa shape index (κ1) is 21.7. The number of primary amides is 1. The Morgan fingerprint density at radius 1 is 1.16 bits per heavy atom. The van der Waals surface area contributed by atoms with Crippen molar-refractivity contribution < 1.29 is 18.0 Å². The van der Waals surface area contributed by atoms with Crippen molar-refractivity contribution in [3.63, 3.8) is 0 Å². The Morgan fingerprint density at radius 3 is 2.65 bits per heavy atom. The second-order valence-electron chi connectivity index (χ2n) is 8.78. The highest BCUT2D eigenvalue weighted by molar-refractivity contribution is 5.80. The Morgan fingerprint density at radius 2 is 1.94 bits per heavy atom. The third kappa shape index (κ3) is 5.03. The summed E-state index contributed by atoms with van der Waals surface area (Å²) in [6.07, 6.45) is -1.06. The van der Waals surface area contributed by atoms with Gasteiger partial charge in [0.2, 0.25) is 5.91 Å². The number of nitrogens with one attached hydrogen (secondary N) is 2. The second kappa shape index (κ2) is 8.91. The summed E-state index contributed by atoms with van der Waals surface area (Å²) < 4.78 is 39.7. The van der Waals surface area contributed by atoms with Crippen molar-refractivity contribution in [1.82, 2.24) is 5.32 Å². The van der Waals surface area contributed by atoms with E-state index in [0.717, 1.165) is 48.7 Å². The van der Waals surface area contributed by atoms with Crippen LogP contribution in [-0.4, -0.2) is 25.0 Å². The summed E-state index contributed by atoms with van der Waals surface area (Å²) in [4.78, 5) is 11.9. The zero-order valence-electron chi connectivity index (χ0n) is 17.3. The summed E-state index contributed by atoms with van der Waals surface area (Å²) >= 11 is 0. The summed E-state index contributed by atoms with van der Waals surface area (Å²) in [6, 6.07) is 13.3. The number of halogens is 3. The van der Waals surface area contributed by atoms with Crippen molar-refractivity contribution in [3.8, 4) is 0 Å². The van der Waals surface area contributed by atoms with Gasteiger partial charge in [0.1, 0.15) is 0 Å². The third-order valence-electron chi connectivity index (χ3n) is 6.71. The predicted molar refractivity (Wildman–Crippen MR) is 115 cm³/mol. The van der Waals surface area contributed by atoms with Gasteiger partial charge in [-0.15, -0.1) is 0 Å². The van der Waals surface area contributed by atoms with Crippen LogP contribution in [0.1, 0.15) is 41.9 Å². The molecule has 4 atom stereocenters. The molecule has 4 N–H and O–H groups in total. The summed E-state index contributed by atoms with van der Waals surface area (Å²) in [7, 11) is 0. The minimum atomic E-state index is -4.34. The number of fused-ring (bicyclic) bond motifs is 3. The van der Waals surface area contributed by atoms with Gasteiger partial charge < -0.3 is 16.4 Å². The highest BCUT2D eigenvalue weighted by Crippen LogP contribution is 2.47. The van der Waals surface area contributed by atoms with Gasteiger partial charge in [0, 0.05) is 12.2 Å². The maximum Gasteiger partial charge on any atom is 0.416 e. The molecular formula is C24H28F3N3O. The second-order valence-corrected chi connectivity index (χ2v) is 8.78. The van der Waals surface area contributed by atoms with Crippen LogP contribution in [0.2, 0.25) is 0 Å². The lowest BCUT2D eigenvalue weighted by molar-refractivity contribution is -0.137. The average molecular weight is 432 g/mol. The summed E-state index contributed by atoms with van der Waals surface area (Å²) in [5, 5.41) is 6.63. The quantitative estimate of drug-likeness (QED) is 0.638. The molecule has 0 bridgehead atoms. The van der Waals surface area contributed by atoms with Crippen LogP contribution < -0.4 is 16.4 Å². The van der Waals surface area contributed by atoms with E-state index in [-0.39, 0.29) is 11.8 Å². The number of hydrogen-bond acceptors (Lipinski definition) is 3. The van der Waals surface area contributed by atoms with Crippen LogP contribution in [0.25, 0.3) is 0 Å². The molecule has 1 fully saturated rings. The number of carbonyl (C=O) groups is 1. The fraction of sp³-hybridized carbons (Fsp3) is 0.458. The molecule has 166 valence electrons. The molecular weight excluding hydrogens is 403 g/mol. The van der Waals surface area contributed by atoms with Gasteiger partial charge in [-0.3, -0.25) is 4.79 Å². The zero-order chi connectivity index (χ0) is 22.0. The molecule has 0 aromatic heterocycles. The molecule has 31 heavy (non-hydrogen) atoms. The van der Waals surface area contributed by atoms with Crippen molar-refractivity contribution >= 4 is 11.6 Å². The number of carbonyl (C=O) groups excluding carboxylic acids is 1. The number of nitrogens with two attached hydrogens (primary N) is 1. The predicted octanol–water partition coefficient (Wildman–Crippen LogP) is 4.32. The maximum absolute atomic E-state index is 13.2. The third-order valence-corrected chi connectivity index (χ3v) is 6.71. The van der Waals surface area contributed by atoms with E-state index in [9.17, 15) is 18.0 Å². The SMILES string of the molecule is NC(=O)C(Cc1ccccc1)NCC1CCC2CNc3ccc(C(F)(F)F)cc3C2C1. The number of amides is 1. The van der Waals surface area contributed by atoms with E-state index in [2.05, 4.69) is 10.6 Å². The minimum absolute atomic E-state index is 0.0975. The van der Waals surface area contributed by atoms with Gasteiger partial charge >= 0.3 is 6.18 Å². The van der Waals surface area contributed by atoms with Gasteiger partial charge in [-0.2, -0.15) is 13.2 Å². The van der Waals surface area contributed by atoms with Gasteiger partial charge in [0.05, 0.1) is 11.6 Å². The molecule has 1 saturated carbocycles. The van der Waals surface area contributed by atoms with Crippen molar-refractivity contribution in [3.05, 3.63) is 65.2 Å². The Labute approximate surface area is 180 Å². The molecule has 2 aliphatic rings. The lowest BCUT2D eigenvalue weighted by Crippen LogP contribution is -2.46. The number of alkyl halides is 3. The fourth-order valence-corrected chi connectivity index (χ4v) is 5.01. The van der Waals surface area contributed by atoms with Gasteiger partial charge in [0.15, 0.2) is 0 Å². The van der Waals surface area contributed by atoms with E-state index in [1.165, 1.54) is 6.07 Å². The average Bonchev–Trinajstić information content (AvgIpc) is 2.76. The molecule has 0 saturated heterocycles. The molecule has 2 aromatic carbocycles. The topological polar surface area (TPSA) is 67.2 Å². The highest BCUT2D eigenvalue weighted by Gasteiger charge is 2.38. The molecule has 7 heteroatoms.